The van der Waals surface area contributed by atoms with E-state index in [1.165, 1.54) is 12.2 Å². The smallest absolute Gasteiger partial charge is 0.303 e. The van der Waals surface area contributed by atoms with Crippen molar-refractivity contribution < 1.29 is 29.4 Å². The quantitative estimate of drug-likeness (QED) is 0.273. The largest absolute Gasteiger partial charge is 0.481 e. The number of hydrogen-bond acceptors (Lipinski definition) is 4. The van der Waals surface area contributed by atoms with Crippen molar-refractivity contribution in [1.29, 1.82) is 0 Å². The van der Waals surface area contributed by atoms with Gasteiger partial charge in [0.15, 0.2) is 0 Å². The van der Waals surface area contributed by atoms with Gasteiger partial charge in [-0.25, -0.2) is 4.99 Å². The number of nitrogens with one attached hydrogen (secondary N) is 3. The van der Waals surface area contributed by atoms with Gasteiger partial charge in [-0.3, -0.25) is 19.2 Å². The lowest BCUT2D eigenvalue weighted by Crippen LogP contribution is -2.15. The van der Waals surface area contributed by atoms with Gasteiger partial charge in [0.1, 0.15) is 0 Å². The molecule has 2 aromatic heterocycles. The van der Waals surface area contributed by atoms with E-state index in [0.717, 1.165) is 27.8 Å². The van der Waals surface area contributed by atoms with Gasteiger partial charge in [0.2, 0.25) is 0 Å². The first-order chi connectivity index (χ1) is 20.4. The number of nitrogens with zero attached hydrogens (tertiary/aromatic N) is 1. The summed E-state index contributed by atoms with van der Waals surface area (Å²) in [5.74, 6) is -2.48. The number of rotatable bonds is 11. The molecule has 0 unspecified atom stereocenters. The van der Waals surface area contributed by atoms with Gasteiger partial charge in [0, 0.05) is 51.8 Å². The molecule has 4 rings (SSSR count). The van der Waals surface area contributed by atoms with Crippen molar-refractivity contribution in [2.24, 2.45) is 4.99 Å². The minimum atomic E-state index is -0.940. The van der Waals surface area contributed by atoms with Crippen LogP contribution in [0.1, 0.15) is 60.3 Å². The molecule has 0 saturated carbocycles. The summed E-state index contributed by atoms with van der Waals surface area (Å²) in [5.41, 5.74) is 8.03. The topological polar surface area (TPSA) is 165 Å². The SMILES string of the molecule is C=CC1=C(C)C(/C=c2\[nH]/c(=C\c3[nH]c(/C=C4\NC(=O)C(C=C)=C4C)c(C)c3CCC(=O)O)c(CCC(=O)O)c2C)=NC1=O. The molecule has 0 fully saturated rings. The van der Waals surface area contributed by atoms with Crippen LogP contribution in [0.4, 0.5) is 0 Å². The maximum Gasteiger partial charge on any atom is 0.303 e. The van der Waals surface area contributed by atoms with Crippen LogP contribution < -0.4 is 16.0 Å². The molecule has 10 nitrogen and oxygen atoms in total. The summed E-state index contributed by atoms with van der Waals surface area (Å²) in [6.45, 7) is 14.8. The lowest BCUT2D eigenvalue weighted by Gasteiger charge is -2.02. The Morgan fingerprint density at radius 2 is 1.40 bits per heavy atom. The molecular formula is C33H34N4O6. The summed E-state index contributed by atoms with van der Waals surface area (Å²) in [4.78, 5) is 58.5. The number of aliphatic imine (C=N–C) groups is 1. The van der Waals surface area contributed by atoms with Gasteiger partial charge in [-0.1, -0.05) is 25.3 Å². The van der Waals surface area contributed by atoms with Gasteiger partial charge in [0.25, 0.3) is 11.8 Å². The summed E-state index contributed by atoms with van der Waals surface area (Å²) >= 11 is 0. The van der Waals surface area contributed by atoms with E-state index in [4.69, 9.17) is 0 Å². The number of carbonyl (C=O) groups excluding carboxylic acids is 2. The van der Waals surface area contributed by atoms with Gasteiger partial charge in [-0.05, 0) is 92.2 Å². The molecule has 222 valence electrons. The van der Waals surface area contributed by atoms with Crippen molar-refractivity contribution >= 4 is 47.7 Å². The minimum Gasteiger partial charge on any atom is -0.481 e. The van der Waals surface area contributed by atoms with Gasteiger partial charge in [-0.15, -0.1) is 0 Å². The second-order valence-corrected chi connectivity index (χ2v) is 10.5. The molecule has 43 heavy (non-hydrogen) atoms. The summed E-state index contributed by atoms with van der Waals surface area (Å²) in [6, 6.07) is 0. The van der Waals surface area contributed by atoms with E-state index in [9.17, 15) is 29.4 Å². The van der Waals surface area contributed by atoms with Crippen LogP contribution in [0.3, 0.4) is 0 Å². The first kappa shape index (κ1) is 30.7. The first-order valence-electron chi connectivity index (χ1n) is 13.8. The fourth-order valence-electron chi connectivity index (χ4n) is 5.35. The minimum absolute atomic E-state index is 0.0917. The Balaban J connectivity index is 1.91. The summed E-state index contributed by atoms with van der Waals surface area (Å²) < 4.78 is 0. The van der Waals surface area contributed by atoms with Crippen molar-refractivity contribution in [3.8, 4) is 0 Å². The van der Waals surface area contributed by atoms with Gasteiger partial charge >= 0.3 is 11.9 Å². The second kappa shape index (κ2) is 12.3. The van der Waals surface area contributed by atoms with Gasteiger partial charge in [0.05, 0.1) is 5.71 Å². The molecule has 2 aromatic rings. The number of allylic oxidation sites excluding steroid dienone is 2. The Bertz CT molecular complexity index is 1860. The maximum absolute atomic E-state index is 12.3. The molecule has 2 aliphatic rings. The Kier molecular flexibility index (Phi) is 8.80. The lowest BCUT2D eigenvalue weighted by molar-refractivity contribution is -0.138. The zero-order valence-electron chi connectivity index (χ0n) is 24.6. The molecule has 10 heteroatoms. The number of aliphatic carboxylic acids is 2. The molecule has 0 bridgehead atoms. The molecule has 0 spiro atoms. The molecule has 0 atom stereocenters. The number of H-pyrrole nitrogens is 2. The van der Waals surface area contributed by atoms with Crippen molar-refractivity contribution in [1.82, 2.24) is 15.3 Å². The predicted octanol–water partition coefficient (Wildman–Crippen LogP) is 3.06. The Morgan fingerprint density at radius 3 is 1.95 bits per heavy atom. The number of carboxylic acids is 2. The van der Waals surface area contributed by atoms with Crippen LogP contribution in [-0.4, -0.2) is 49.6 Å². The number of carbonyl (C=O) groups is 4. The van der Waals surface area contributed by atoms with E-state index in [1.807, 2.05) is 32.9 Å². The van der Waals surface area contributed by atoms with Gasteiger partial charge in [-0.2, -0.15) is 0 Å². The van der Waals surface area contributed by atoms with Crippen molar-refractivity contribution in [3.63, 3.8) is 0 Å². The Hall–Kier alpha value is -5.25. The molecule has 0 aliphatic carbocycles. The fraction of sp³-hybridized carbons (Fsp3) is 0.242. The third-order valence-corrected chi connectivity index (χ3v) is 7.89. The highest BCUT2D eigenvalue weighted by Gasteiger charge is 2.23. The highest BCUT2D eigenvalue weighted by molar-refractivity contribution is 6.31. The lowest BCUT2D eigenvalue weighted by atomic mass is 10.0. The van der Waals surface area contributed by atoms with E-state index < -0.39 is 11.9 Å². The molecule has 2 aliphatic heterocycles. The van der Waals surface area contributed by atoms with Crippen molar-refractivity contribution in [2.45, 2.75) is 53.4 Å². The zero-order chi connectivity index (χ0) is 31.6. The fourth-order valence-corrected chi connectivity index (χ4v) is 5.35. The molecule has 0 saturated heterocycles. The Labute approximate surface area is 248 Å². The highest BCUT2D eigenvalue weighted by atomic mass is 16.4. The predicted molar refractivity (Wildman–Crippen MR) is 165 cm³/mol. The second-order valence-electron chi connectivity index (χ2n) is 10.5. The van der Waals surface area contributed by atoms with Crippen LogP contribution in [0.2, 0.25) is 0 Å². The number of hydrogen-bond donors (Lipinski definition) is 5. The van der Waals surface area contributed by atoms with Crippen LogP contribution in [0.25, 0.3) is 18.2 Å². The molecule has 5 N–H and O–H groups in total. The van der Waals surface area contributed by atoms with E-state index in [2.05, 4.69) is 33.4 Å². The number of amides is 2. The normalized spacial score (nSPS) is 16.9. The molecular weight excluding hydrogens is 548 g/mol. The summed E-state index contributed by atoms with van der Waals surface area (Å²) in [5, 5.41) is 23.0. The number of aromatic nitrogens is 2. The number of carboxylic acid groups (broad SMARTS) is 2. The van der Waals surface area contributed by atoms with Crippen LogP contribution >= 0.6 is 0 Å². The van der Waals surface area contributed by atoms with E-state index >= 15 is 0 Å². The Morgan fingerprint density at radius 1 is 0.767 bits per heavy atom. The van der Waals surface area contributed by atoms with E-state index in [0.29, 0.717) is 50.2 Å². The maximum atomic E-state index is 12.3. The number of aromatic amines is 2. The average Bonchev–Trinajstić information content (AvgIpc) is 3.58. The summed E-state index contributed by atoms with van der Waals surface area (Å²) in [7, 11) is 0. The van der Waals surface area contributed by atoms with Crippen LogP contribution in [-0.2, 0) is 32.0 Å². The van der Waals surface area contributed by atoms with Crippen LogP contribution in [0, 0.1) is 13.8 Å². The van der Waals surface area contributed by atoms with Crippen LogP contribution in [0.15, 0.2) is 58.3 Å². The molecule has 2 amide bonds. The molecule has 4 heterocycles. The zero-order valence-corrected chi connectivity index (χ0v) is 24.6. The van der Waals surface area contributed by atoms with Gasteiger partial charge < -0.3 is 25.5 Å². The standard InChI is InChI=1S/C33H34N4O6/c1-7-20-16(3)26(36-32(20)42)13-24-18(5)22(9-11-30(38)39)28(34-24)15-29-23(10-12-31(40)41)19(6)25(35-29)14-27-17(4)21(8-2)33(43)37-27/h7-8,13-15,34-35H,1-2,9-12H2,3-6H3,(H,36,42)(H,38,39)(H,40,41)/b25-14-,26-13-,29-15-. The summed E-state index contributed by atoms with van der Waals surface area (Å²) in [6.07, 6.45) is 8.72. The van der Waals surface area contributed by atoms with Crippen molar-refractivity contribution in [2.75, 3.05) is 0 Å². The first-order valence-corrected chi connectivity index (χ1v) is 13.8. The third kappa shape index (κ3) is 6.18. The van der Waals surface area contributed by atoms with Crippen LogP contribution in [0.5, 0.6) is 0 Å². The molecule has 0 radical (unpaired) electrons. The highest BCUT2D eigenvalue weighted by Crippen LogP contribution is 2.27. The monoisotopic (exact) mass is 582 g/mol. The van der Waals surface area contributed by atoms with E-state index in [1.54, 1.807) is 13.0 Å². The van der Waals surface area contributed by atoms with E-state index in [-0.39, 0.29) is 37.5 Å². The van der Waals surface area contributed by atoms with Crippen molar-refractivity contribution in [3.05, 3.63) is 97.6 Å². The third-order valence-electron chi connectivity index (χ3n) is 7.89. The molecule has 0 aromatic carbocycles. The average molecular weight is 583 g/mol.